The van der Waals surface area contributed by atoms with Crippen molar-refractivity contribution in [3.8, 4) is 0 Å². The quantitative estimate of drug-likeness (QED) is 0.686. The minimum Gasteiger partial charge on any atom is -0.310 e. The Labute approximate surface area is 140 Å². The lowest BCUT2D eigenvalue weighted by Crippen LogP contribution is -2.24. The monoisotopic (exact) mass is 417 g/mol. The summed E-state index contributed by atoms with van der Waals surface area (Å²) >= 11 is 6.68. The summed E-state index contributed by atoms with van der Waals surface area (Å²) in [5.74, 6) is -0.576. The first-order chi connectivity index (χ1) is 10.0. The molecular weight excluding hydrogens is 404 g/mol. The smallest absolute Gasteiger partial charge is 0.129 e. The molecule has 0 amide bonds. The Morgan fingerprint density at radius 2 is 1.90 bits per heavy atom. The highest BCUT2D eigenvalue weighted by molar-refractivity contribution is 9.10. The molecule has 2 aromatic carbocycles. The third-order valence-corrected chi connectivity index (χ3v) is 4.31. The predicted molar refractivity (Wildman–Crippen MR) is 88.3 cm³/mol. The molecule has 2 aromatic rings. The van der Waals surface area contributed by atoms with E-state index >= 15 is 0 Å². The number of benzene rings is 2. The van der Waals surface area contributed by atoms with Gasteiger partial charge in [0, 0.05) is 20.6 Å². The summed E-state index contributed by atoms with van der Waals surface area (Å²) in [4.78, 5) is 0. The van der Waals surface area contributed by atoms with E-state index in [1.54, 1.807) is 6.07 Å². The fourth-order valence-corrected chi connectivity index (χ4v) is 3.46. The Morgan fingerprint density at radius 1 is 1.14 bits per heavy atom. The molecule has 2 rings (SSSR count). The molecule has 0 aromatic heterocycles. The second-order valence-corrected chi connectivity index (χ2v) is 6.50. The second-order valence-electron chi connectivity index (χ2n) is 4.73. The van der Waals surface area contributed by atoms with Gasteiger partial charge in [-0.1, -0.05) is 44.8 Å². The van der Waals surface area contributed by atoms with Crippen LogP contribution in [0.4, 0.5) is 8.78 Å². The van der Waals surface area contributed by atoms with Crippen LogP contribution in [0.25, 0.3) is 0 Å². The van der Waals surface area contributed by atoms with Gasteiger partial charge in [-0.2, -0.15) is 0 Å². The lowest BCUT2D eigenvalue weighted by atomic mass is 9.98. The third kappa shape index (κ3) is 4.34. The van der Waals surface area contributed by atoms with Gasteiger partial charge in [0.25, 0.3) is 0 Å². The molecule has 0 radical (unpaired) electrons. The van der Waals surface area contributed by atoms with Gasteiger partial charge < -0.3 is 5.32 Å². The molecule has 0 saturated heterocycles. The molecule has 0 aliphatic rings. The molecule has 0 aliphatic carbocycles. The predicted octanol–water partition coefficient (Wildman–Crippen LogP) is 5.38. The molecule has 0 aliphatic heterocycles. The molecular formula is C16H15Br2F2N. The Morgan fingerprint density at radius 3 is 2.52 bits per heavy atom. The highest BCUT2D eigenvalue weighted by Crippen LogP contribution is 2.29. The molecule has 1 N–H and O–H groups in total. The minimum atomic E-state index is -0.303. The van der Waals surface area contributed by atoms with Crippen LogP contribution in [0.2, 0.25) is 0 Å². The van der Waals surface area contributed by atoms with Crippen LogP contribution in [0.1, 0.15) is 24.1 Å². The van der Waals surface area contributed by atoms with Crippen LogP contribution in [-0.4, -0.2) is 6.54 Å². The van der Waals surface area contributed by atoms with Crippen molar-refractivity contribution in [3.63, 3.8) is 0 Å². The van der Waals surface area contributed by atoms with E-state index in [9.17, 15) is 8.78 Å². The van der Waals surface area contributed by atoms with Crippen molar-refractivity contribution in [2.45, 2.75) is 19.4 Å². The number of likely N-dealkylation sites (N-methyl/N-ethyl adjacent to an activating group) is 1. The number of hydrogen-bond acceptors (Lipinski definition) is 1. The van der Waals surface area contributed by atoms with E-state index in [0.717, 1.165) is 5.56 Å². The van der Waals surface area contributed by atoms with Gasteiger partial charge in [-0.25, -0.2) is 8.78 Å². The highest BCUT2D eigenvalue weighted by Gasteiger charge is 2.19. The van der Waals surface area contributed by atoms with E-state index in [1.165, 1.54) is 18.2 Å². The topological polar surface area (TPSA) is 12.0 Å². The van der Waals surface area contributed by atoms with Crippen molar-refractivity contribution in [3.05, 3.63) is 68.1 Å². The summed E-state index contributed by atoms with van der Waals surface area (Å²) in [6, 6.07) is 9.41. The van der Waals surface area contributed by atoms with Crippen LogP contribution in [0.3, 0.4) is 0 Å². The summed E-state index contributed by atoms with van der Waals surface area (Å²) in [7, 11) is 0. The van der Waals surface area contributed by atoms with Gasteiger partial charge in [-0.3, -0.25) is 0 Å². The molecule has 1 unspecified atom stereocenters. The summed E-state index contributed by atoms with van der Waals surface area (Å²) in [5.41, 5.74) is 1.38. The van der Waals surface area contributed by atoms with Crippen LogP contribution in [0, 0.1) is 11.6 Å². The van der Waals surface area contributed by atoms with Crippen molar-refractivity contribution in [1.82, 2.24) is 5.32 Å². The first kappa shape index (κ1) is 16.6. The van der Waals surface area contributed by atoms with Crippen LogP contribution in [0.5, 0.6) is 0 Å². The number of rotatable bonds is 5. The molecule has 0 fully saturated rings. The average molecular weight is 419 g/mol. The molecule has 21 heavy (non-hydrogen) atoms. The fraction of sp³-hybridized carbons (Fsp3) is 0.250. The number of hydrogen-bond donors (Lipinski definition) is 1. The Kier molecular flexibility index (Phi) is 5.90. The zero-order valence-electron chi connectivity index (χ0n) is 11.5. The maximum absolute atomic E-state index is 14.1. The van der Waals surface area contributed by atoms with Gasteiger partial charge in [0.15, 0.2) is 0 Å². The summed E-state index contributed by atoms with van der Waals surface area (Å²) in [5, 5.41) is 3.26. The zero-order chi connectivity index (χ0) is 15.4. The van der Waals surface area contributed by atoms with Crippen LogP contribution in [0.15, 0.2) is 45.3 Å². The lowest BCUT2D eigenvalue weighted by molar-refractivity contribution is 0.506. The second kappa shape index (κ2) is 7.47. The largest absolute Gasteiger partial charge is 0.310 e. The number of halogens is 4. The molecule has 5 heteroatoms. The summed E-state index contributed by atoms with van der Waals surface area (Å²) in [6.45, 7) is 2.66. The SMILES string of the molecule is CCNC(Cc1cc(F)cc(Br)c1)c1c(F)cccc1Br. The molecule has 0 bridgehead atoms. The molecule has 0 spiro atoms. The standard InChI is InChI=1S/C16H15Br2F2N/c1-2-21-15(16-13(18)4-3-5-14(16)20)8-10-6-11(17)9-12(19)7-10/h3-7,9,15,21H,2,8H2,1H3. The molecule has 0 saturated carbocycles. The average Bonchev–Trinajstić information content (AvgIpc) is 2.37. The third-order valence-electron chi connectivity index (χ3n) is 3.16. The zero-order valence-corrected chi connectivity index (χ0v) is 14.6. The van der Waals surface area contributed by atoms with Crippen LogP contribution < -0.4 is 5.32 Å². The van der Waals surface area contributed by atoms with E-state index in [0.29, 0.717) is 27.5 Å². The fourth-order valence-electron chi connectivity index (χ4n) is 2.33. The van der Waals surface area contributed by atoms with Gasteiger partial charge in [-0.05, 0) is 48.9 Å². The first-order valence-corrected chi connectivity index (χ1v) is 8.22. The van der Waals surface area contributed by atoms with Crippen molar-refractivity contribution in [2.75, 3.05) is 6.54 Å². The van der Waals surface area contributed by atoms with Crippen molar-refractivity contribution in [1.29, 1.82) is 0 Å². The Hall–Kier alpha value is -0.780. The summed E-state index contributed by atoms with van der Waals surface area (Å²) in [6.07, 6.45) is 0.504. The first-order valence-electron chi connectivity index (χ1n) is 6.63. The molecule has 1 nitrogen and oxygen atoms in total. The van der Waals surface area contributed by atoms with Crippen molar-refractivity contribution in [2.24, 2.45) is 0 Å². The Balaban J connectivity index is 2.35. The van der Waals surface area contributed by atoms with Gasteiger partial charge in [0.2, 0.25) is 0 Å². The van der Waals surface area contributed by atoms with Crippen molar-refractivity contribution < 1.29 is 8.78 Å². The van der Waals surface area contributed by atoms with Crippen LogP contribution in [-0.2, 0) is 6.42 Å². The lowest BCUT2D eigenvalue weighted by Gasteiger charge is -2.20. The van der Waals surface area contributed by atoms with Gasteiger partial charge in [-0.15, -0.1) is 0 Å². The van der Waals surface area contributed by atoms with Gasteiger partial charge in [0.05, 0.1) is 0 Å². The van der Waals surface area contributed by atoms with E-state index in [2.05, 4.69) is 37.2 Å². The van der Waals surface area contributed by atoms with Gasteiger partial charge in [0.1, 0.15) is 11.6 Å². The number of nitrogens with one attached hydrogen (secondary N) is 1. The van der Waals surface area contributed by atoms with E-state index in [1.807, 2.05) is 19.1 Å². The van der Waals surface area contributed by atoms with Crippen LogP contribution >= 0.6 is 31.9 Å². The highest BCUT2D eigenvalue weighted by atomic mass is 79.9. The molecule has 0 heterocycles. The maximum Gasteiger partial charge on any atom is 0.129 e. The Bertz CT molecular complexity index is 591. The molecule has 1 atom stereocenters. The van der Waals surface area contributed by atoms with E-state index in [4.69, 9.17) is 0 Å². The van der Waals surface area contributed by atoms with Gasteiger partial charge >= 0.3 is 0 Å². The minimum absolute atomic E-state index is 0.223. The van der Waals surface area contributed by atoms with E-state index < -0.39 is 0 Å². The van der Waals surface area contributed by atoms with Crippen molar-refractivity contribution >= 4 is 31.9 Å². The maximum atomic E-state index is 14.1. The summed E-state index contributed by atoms with van der Waals surface area (Å²) < 4.78 is 29.0. The molecule has 112 valence electrons. The van der Waals surface area contributed by atoms with E-state index in [-0.39, 0.29) is 17.7 Å². The normalized spacial score (nSPS) is 12.4.